The molecule has 1 unspecified atom stereocenters. The van der Waals surface area contributed by atoms with Crippen molar-refractivity contribution in [2.45, 2.75) is 24.0 Å². The molecule has 0 saturated carbocycles. The van der Waals surface area contributed by atoms with Crippen LogP contribution in [0, 0.1) is 6.92 Å². The molecular weight excluding hydrogens is 404 g/mol. The molecule has 0 aliphatic carbocycles. The van der Waals surface area contributed by atoms with E-state index < -0.39 is 11.2 Å². The van der Waals surface area contributed by atoms with Gasteiger partial charge in [0.2, 0.25) is 5.91 Å². The predicted octanol–water partition coefficient (Wildman–Crippen LogP) is 4.66. The van der Waals surface area contributed by atoms with E-state index in [1.54, 1.807) is 50.2 Å². The fraction of sp³-hybridized carbons (Fsp3) is 0.136. The number of aryl methyl sites for hydroxylation is 1. The minimum Gasteiger partial charge on any atom is -0.478 e. The number of nitrogens with one attached hydrogen (secondary N) is 2. The molecule has 154 valence electrons. The summed E-state index contributed by atoms with van der Waals surface area (Å²) in [6.07, 6.45) is 1.43. The van der Waals surface area contributed by atoms with Gasteiger partial charge >= 0.3 is 5.97 Å². The smallest absolute Gasteiger partial charge is 0.335 e. The van der Waals surface area contributed by atoms with Gasteiger partial charge in [0, 0.05) is 16.3 Å². The number of carboxylic acid groups (broad SMARTS) is 1. The number of anilines is 2. The van der Waals surface area contributed by atoms with E-state index in [0.717, 1.165) is 10.5 Å². The van der Waals surface area contributed by atoms with Crippen molar-refractivity contribution in [2.75, 3.05) is 10.6 Å². The van der Waals surface area contributed by atoms with E-state index in [4.69, 9.17) is 9.52 Å². The molecule has 30 heavy (non-hydrogen) atoms. The molecule has 0 bridgehead atoms. The summed E-state index contributed by atoms with van der Waals surface area (Å²) in [7, 11) is 0. The average molecular weight is 424 g/mol. The number of carbonyl (C=O) groups excluding carboxylic acids is 2. The van der Waals surface area contributed by atoms with Gasteiger partial charge in [-0.3, -0.25) is 9.59 Å². The van der Waals surface area contributed by atoms with Gasteiger partial charge in [-0.05, 0) is 61.9 Å². The summed E-state index contributed by atoms with van der Waals surface area (Å²) in [4.78, 5) is 36.7. The Morgan fingerprint density at radius 2 is 1.83 bits per heavy atom. The van der Waals surface area contributed by atoms with E-state index in [9.17, 15) is 14.4 Å². The Morgan fingerprint density at radius 1 is 1.03 bits per heavy atom. The Morgan fingerprint density at radius 3 is 2.53 bits per heavy atom. The van der Waals surface area contributed by atoms with Crippen molar-refractivity contribution in [2.24, 2.45) is 0 Å². The first-order valence-corrected chi connectivity index (χ1v) is 9.98. The summed E-state index contributed by atoms with van der Waals surface area (Å²) in [6, 6.07) is 14.9. The van der Waals surface area contributed by atoms with Gasteiger partial charge < -0.3 is 20.2 Å². The molecular formula is C22H20N2O5S. The van der Waals surface area contributed by atoms with Gasteiger partial charge in [-0.25, -0.2) is 4.79 Å². The second kappa shape index (κ2) is 9.32. The number of amides is 2. The van der Waals surface area contributed by atoms with Crippen molar-refractivity contribution >= 4 is 40.9 Å². The largest absolute Gasteiger partial charge is 0.478 e. The van der Waals surface area contributed by atoms with Gasteiger partial charge in [0.25, 0.3) is 5.91 Å². The first-order chi connectivity index (χ1) is 14.3. The summed E-state index contributed by atoms with van der Waals surface area (Å²) >= 11 is 1.32. The summed E-state index contributed by atoms with van der Waals surface area (Å²) in [5.74, 6) is -1.46. The standard InChI is InChI=1S/C22H20N2O5S/c1-13-8-9-15(22(27)28)11-18(13)24-20(25)14(2)30-17-6-3-5-16(12-17)23-21(26)19-7-4-10-29-19/h3-12,14H,1-2H3,(H,23,26)(H,24,25)(H,27,28). The lowest BCUT2D eigenvalue weighted by Gasteiger charge is -2.14. The van der Waals surface area contributed by atoms with Gasteiger partial charge in [-0.15, -0.1) is 11.8 Å². The van der Waals surface area contributed by atoms with Crippen LogP contribution in [0.15, 0.2) is 70.2 Å². The van der Waals surface area contributed by atoms with Crippen LogP contribution in [0.1, 0.15) is 33.4 Å². The summed E-state index contributed by atoms with van der Waals surface area (Å²) < 4.78 is 5.08. The molecule has 3 aromatic rings. The lowest BCUT2D eigenvalue weighted by atomic mass is 10.1. The molecule has 7 nitrogen and oxygen atoms in total. The van der Waals surface area contributed by atoms with E-state index in [2.05, 4.69) is 10.6 Å². The molecule has 0 saturated heterocycles. The molecule has 1 aromatic heterocycles. The Labute approximate surface area is 177 Å². The highest BCUT2D eigenvalue weighted by Crippen LogP contribution is 2.27. The van der Waals surface area contributed by atoms with E-state index in [1.807, 2.05) is 6.07 Å². The van der Waals surface area contributed by atoms with Crippen molar-refractivity contribution in [3.8, 4) is 0 Å². The number of thioether (sulfide) groups is 1. The normalized spacial score (nSPS) is 11.5. The maximum absolute atomic E-state index is 12.6. The zero-order valence-corrected chi connectivity index (χ0v) is 17.2. The van der Waals surface area contributed by atoms with E-state index in [1.165, 1.54) is 30.2 Å². The van der Waals surface area contributed by atoms with E-state index >= 15 is 0 Å². The number of carboxylic acids is 1. The average Bonchev–Trinajstić information content (AvgIpc) is 3.24. The van der Waals surface area contributed by atoms with Gasteiger partial charge in [0.15, 0.2) is 5.76 Å². The number of hydrogen-bond donors (Lipinski definition) is 3. The highest BCUT2D eigenvalue weighted by atomic mass is 32.2. The van der Waals surface area contributed by atoms with Crippen LogP contribution in [-0.4, -0.2) is 28.1 Å². The summed E-state index contributed by atoms with van der Waals surface area (Å²) in [6.45, 7) is 3.55. The van der Waals surface area contributed by atoms with Crippen molar-refractivity contribution in [1.29, 1.82) is 0 Å². The Balaban J connectivity index is 1.65. The third-order valence-corrected chi connectivity index (χ3v) is 5.36. The molecule has 0 spiro atoms. The molecule has 3 N–H and O–H groups in total. The quantitative estimate of drug-likeness (QED) is 0.476. The number of rotatable bonds is 7. The Kier molecular flexibility index (Phi) is 6.58. The van der Waals surface area contributed by atoms with Crippen LogP contribution < -0.4 is 10.6 Å². The number of carbonyl (C=O) groups is 3. The number of benzene rings is 2. The highest BCUT2D eigenvalue weighted by Gasteiger charge is 2.17. The molecule has 0 fully saturated rings. The van der Waals surface area contributed by atoms with Gasteiger partial charge in [0.1, 0.15) is 0 Å². The topological polar surface area (TPSA) is 109 Å². The molecule has 1 atom stereocenters. The maximum atomic E-state index is 12.6. The minimum atomic E-state index is -1.05. The van der Waals surface area contributed by atoms with Crippen molar-refractivity contribution in [3.63, 3.8) is 0 Å². The first-order valence-electron chi connectivity index (χ1n) is 9.10. The second-order valence-electron chi connectivity index (χ2n) is 6.54. The summed E-state index contributed by atoms with van der Waals surface area (Å²) in [5, 5.41) is 14.2. The van der Waals surface area contributed by atoms with Crippen LogP contribution in [0.3, 0.4) is 0 Å². The number of aromatic carboxylic acids is 1. The monoisotopic (exact) mass is 424 g/mol. The molecule has 0 radical (unpaired) electrons. The van der Waals surface area contributed by atoms with Gasteiger partial charge in [0.05, 0.1) is 17.1 Å². The van der Waals surface area contributed by atoms with Gasteiger partial charge in [-0.1, -0.05) is 12.1 Å². The molecule has 0 aliphatic rings. The number of hydrogen-bond acceptors (Lipinski definition) is 5. The van der Waals surface area contributed by atoms with E-state index in [-0.39, 0.29) is 23.1 Å². The van der Waals surface area contributed by atoms with Crippen LogP contribution in [0.25, 0.3) is 0 Å². The van der Waals surface area contributed by atoms with Gasteiger partial charge in [-0.2, -0.15) is 0 Å². The molecule has 1 heterocycles. The summed E-state index contributed by atoms with van der Waals surface area (Å²) in [5.41, 5.74) is 1.93. The third-order valence-electron chi connectivity index (χ3n) is 4.26. The fourth-order valence-electron chi connectivity index (χ4n) is 2.63. The van der Waals surface area contributed by atoms with E-state index in [0.29, 0.717) is 11.4 Å². The predicted molar refractivity (Wildman–Crippen MR) is 115 cm³/mol. The van der Waals surface area contributed by atoms with Crippen LogP contribution in [0.2, 0.25) is 0 Å². The van der Waals surface area contributed by atoms with Crippen LogP contribution >= 0.6 is 11.8 Å². The fourth-order valence-corrected chi connectivity index (χ4v) is 3.56. The second-order valence-corrected chi connectivity index (χ2v) is 7.96. The molecule has 0 aliphatic heterocycles. The Hall–Kier alpha value is -3.52. The molecule has 3 rings (SSSR count). The molecule has 8 heteroatoms. The van der Waals surface area contributed by atoms with Crippen LogP contribution in [0.5, 0.6) is 0 Å². The molecule has 2 amide bonds. The van der Waals surface area contributed by atoms with Crippen molar-refractivity contribution < 1.29 is 23.9 Å². The van der Waals surface area contributed by atoms with Crippen LogP contribution in [0.4, 0.5) is 11.4 Å². The third kappa shape index (κ3) is 5.30. The minimum absolute atomic E-state index is 0.108. The first kappa shape index (κ1) is 21.2. The lowest BCUT2D eigenvalue weighted by Crippen LogP contribution is -2.23. The zero-order chi connectivity index (χ0) is 21.7. The zero-order valence-electron chi connectivity index (χ0n) is 16.3. The van der Waals surface area contributed by atoms with Crippen LogP contribution in [-0.2, 0) is 4.79 Å². The Bertz CT molecular complexity index is 1080. The highest BCUT2D eigenvalue weighted by molar-refractivity contribution is 8.00. The number of furan rings is 1. The maximum Gasteiger partial charge on any atom is 0.335 e. The SMILES string of the molecule is Cc1ccc(C(=O)O)cc1NC(=O)C(C)Sc1cccc(NC(=O)c2ccco2)c1. The lowest BCUT2D eigenvalue weighted by molar-refractivity contribution is -0.115. The van der Waals surface area contributed by atoms with Crippen molar-refractivity contribution in [1.82, 2.24) is 0 Å². The molecule has 2 aromatic carbocycles. The van der Waals surface area contributed by atoms with Crippen molar-refractivity contribution in [3.05, 3.63) is 77.7 Å².